The zero-order chi connectivity index (χ0) is 14.1. The lowest BCUT2D eigenvalue weighted by Gasteiger charge is -2.27. The number of aldehydes is 1. The third-order valence-corrected chi connectivity index (χ3v) is 4.14. The molecule has 1 saturated heterocycles. The molecule has 1 aromatic heterocycles. The number of aryl methyl sites for hydroxylation is 1. The van der Waals surface area contributed by atoms with E-state index in [4.69, 9.17) is 0 Å². The number of fused-ring (bicyclic) bond motifs is 1. The quantitative estimate of drug-likeness (QED) is 0.841. The number of anilines is 1. The van der Waals surface area contributed by atoms with E-state index in [0.29, 0.717) is 11.9 Å². The number of H-pyrrole nitrogens is 1. The van der Waals surface area contributed by atoms with Crippen molar-refractivity contribution in [2.24, 2.45) is 0 Å². The number of hydrogen-bond donors (Lipinski definition) is 2. The lowest BCUT2D eigenvalue weighted by molar-refractivity contribution is 0.112. The van der Waals surface area contributed by atoms with E-state index in [1.54, 1.807) is 0 Å². The molecule has 0 radical (unpaired) electrons. The SMILES string of the molecule is CCN[C@@H]1CCCN1c1c(C=O)[nH]c2c(C)cccc12. The summed E-state index contributed by atoms with van der Waals surface area (Å²) >= 11 is 0. The Bertz CT molecular complexity index is 632. The van der Waals surface area contributed by atoms with Crippen LogP contribution in [0.5, 0.6) is 0 Å². The van der Waals surface area contributed by atoms with E-state index in [-0.39, 0.29) is 0 Å². The van der Waals surface area contributed by atoms with Crippen molar-refractivity contribution in [1.29, 1.82) is 0 Å². The topological polar surface area (TPSA) is 48.1 Å². The number of carbonyl (C=O) groups is 1. The van der Waals surface area contributed by atoms with Crippen LogP contribution in [0.4, 0.5) is 5.69 Å². The number of carbonyl (C=O) groups excluding carboxylic acids is 1. The van der Waals surface area contributed by atoms with Crippen LogP contribution in [0.1, 0.15) is 35.8 Å². The Labute approximate surface area is 119 Å². The van der Waals surface area contributed by atoms with Crippen molar-refractivity contribution < 1.29 is 4.79 Å². The summed E-state index contributed by atoms with van der Waals surface area (Å²) in [6.07, 6.45) is 3.56. The van der Waals surface area contributed by atoms with E-state index in [1.807, 2.05) is 0 Å². The number of hydrogen-bond acceptors (Lipinski definition) is 3. The van der Waals surface area contributed by atoms with E-state index in [1.165, 1.54) is 5.56 Å². The van der Waals surface area contributed by atoms with Gasteiger partial charge in [-0.05, 0) is 31.9 Å². The molecular formula is C16H21N3O. The summed E-state index contributed by atoms with van der Waals surface area (Å²) in [6, 6.07) is 6.23. The van der Waals surface area contributed by atoms with Gasteiger partial charge in [-0.2, -0.15) is 0 Å². The lowest BCUT2D eigenvalue weighted by atomic mass is 10.1. The maximum absolute atomic E-state index is 11.5. The van der Waals surface area contributed by atoms with E-state index in [0.717, 1.165) is 48.8 Å². The van der Waals surface area contributed by atoms with E-state index >= 15 is 0 Å². The smallest absolute Gasteiger partial charge is 0.168 e. The monoisotopic (exact) mass is 271 g/mol. The van der Waals surface area contributed by atoms with Gasteiger partial charge in [0, 0.05) is 11.9 Å². The van der Waals surface area contributed by atoms with Crippen LogP contribution in [0.25, 0.3) is 10.9 Å². The Kier molecular flexibility index (Phi) is 3.49. The molecule has 106 valence electrons. The van der Waals surface area contributed by atoms with Crippen LogP contribution in [0, 0.1) is 6.92 Å². The largest absolute Gasteiger partial charge is 0.354 e. The summed E-state index contributed by atoms with van der Waals surface area (Å²) in [6.45, 7) is 6.14. The van der Waals surface area contributed by atoms with E-state index in [2.05, 4.69) is 47.2 Å². The minimum absolute atomic E-state index is 0.332. The second-order valence-corrected chi connectivity index (χ2v) is 5.41. The summed E-state index contributed by atoms with van der Waals surface area (Å²) in [5.41, 5.74) is 4.00. The number of nitrogens with zero attached hydrogens (tertiary/aromatic N) is 1. The van der Waals surface area contributed by atoms with Gasteiger partial charge in [-0.25, -0.2) is 0 Å². The molecule has 4 heteroatoms. The average molecular weight is 271 g/mol. The molecule has 2 aromatic rings. The highest BCUT2D eigenvalue weighted by Gasteiger charge is 2.28. The molecule has 0 aliphatic carbocycles. The van der Waals surface area contributed by atoms with Crippen molar-refractivity contribution in [3.63, 3.8) is 0 Å². The molecule has 4 nitrogen and oxygen atoms in total. The molecule has 20 heavy (non-hydrogen) atoms. The maximum Gasteiger partial charge on any atom is 0.168 e. The molecular weight excluding hydrogens is 250 g/mol. The van der Waals surface area contributed by atoms with E-state index < -0.39 is 0 Å². The van der Waals surface area contributed by atoms with Gasteiger partial charge >= 0.3 is 0 Å². The van der Waals surface area contributed by atoms with Crippen LogP contribution in [0.3, 0.4) is 0 Å². The summed E-state index contributed by atoms with van der Waals surface area (Å²) in [4.78, 5) is 17.1. The minimum Gasteiger partial charge on any atom is -0.354 e. The van der Waals surface area contributed by atoms with Crippen LogP contribution in [-0.2, 0) is 0 Å². The average Bonchev–Trinajstić information content (AvgIpc) is 3.03. The summed E-state index contributed by atoms with van der Waals surface area (Å²) in [5, 5.41) is 4.66. The predicted octanol–water partition coefficient (Wildman–Crippen LogP) is 2.82. The van der Waals surface area contributed by atoms with E-state index in [9.17, 15) is 4.79 Å². The lowest BCUT2D eigenvalue weighted by Crippen LogP contribution is -2.41. The molecule has 1 aromatic carbocycles. The number of para-hydroxylation sites is 1. The van der Waals surface area contributed by atoms with Gasteiger partial charge < -0.3 is 9.88 Å². The van der Waals surface area contributed by atoms with Crippen LogP contribution in [0.15, 0.2) is 18.2 Å². The van der Waals surface area contributed by atoms with Gasteiger partial charge in [0.15, 0.2) is 6.29 Å². The Balaban J connectivity index is 2.14. The molecule has 0 spiro atoms. The molecule has 0 bridgehead atoms. The second kappa shape index (κ2) is 5.29. The number of aromatic nitrogens is 1. The van der Waals surface area contributed by atoms with Gasteiger partial charge in [-0.3, -0.25) is 10.1 Å². The third-order valence-electron chi connectivity index (χ3n) is 4.14. The zero-order valence-electron chi connectivity index (χ0n) is 12.1. The van der Waals surface area contributed by atoms with Crippen molar-refractivity contribution >= 4 is 22.9 Å². The van der Waals surface area contributed by atoms with Crippen molar-refractivity contribution in [1.82, 2.24) is 10.3 Å². The zero-order valence-corrected chi connectivity index (χ0v) is 12.1. The van der Waals surface area contributed by atoms with Gasteiger partial charge in [0.1, 0.15) is 5.69 Å². The molecule has 1 atom stereocenters. The standard InChI is InChI=1S/C16H21N3O/c1-3-17-14-8-5-9-19(14)16-12-7-4-6-11(2)15(12)18-13(16)10-20/h4,6-7,10,14,17-18H,3,5,8-9H2,1-2H3/t14-/m0/s1. The highest BCUT2D eigenvalue weighted by molar-refractivity contribution is 6.03. The normalized spacial score (nSPS) is 18.9. The summed E-state index contributed by atoms with van der Waals surface area (Å²) in [5.74, 6) is 0. The fraction of sp³-hybridized carbons (Fsp3) is 0.438. The Morgan fingerprint density at radius 2 is 2.35 bits per heavy atom. The van der Waals surface area contributed by atoms with Crippen LogP contribution >= 0.6 is 0 Å². The first-order valence-electron chi connectivity index (χ1n) is 7.32. The Hall–Kier alpha value is -1.81. The number of benzene rings is 1. The Morgan fingerprint density at radius 3 is 3.10 bits per heavy atom. The fourth-order valence-electron chi connectivity index (χ4n) is 3.25. The predicted molar refractivity (Wildman–Crippen MR) is 82.5 cm³/mol. The second-order valence-electron chi connectivity index (χ2n) is 5.41. The molecule has 0 unspecified atom stereocenters. The van der Waals surface area contributed by atoms with Crippen LogP contribution in [-0.4, -0.2) is 30.5 Å². The number of aromatic amines is 1. The van der Waals surface area contributed by atoms with Gasteiger partial charge in [-0.1, -0.05) is 25.1 Å². The highest BCUT2D eigenvalue weighted by Crippen LogP contribution is 2.35. The van der Waals surface area contributed by atoms with Gasteiger partial charge in [0.05, 0.1) is 17.4 Å². The molecule has 0 saturated carbocycles. The van der Waals surface area contributed by atoms with Crippen molar-refractivity contribution in [3.05, 3.63) is 29.5 Å². The molecule has 1 fully saturated rings. The highest BCUT2D eigenvalue weighted by atomic mass is 16.1. The molecule has 1 aliphatic heterocycles. The molecule has 2 N–H and O–H groups in total. The molecule has 2 heterocycles. The van der Waals surface area contributed by atoms with Gasteiger partial charge in [0.25, 0.3) is 0 Å². The summed E-state index contributed by atoms with van der Waals surface area (Å²) < 4.78 is 0. The van der Waals surface area contributed by atoms with Crippen molar-refractivity contribution in [2.45, 2.75) is 32.9 Å². The maximum atomic E-state index is 11.5. The molecule has 3 rings (SSSR count). The third kappa shape index (κ3) is 2.00. The molecule has 1 aliphatic rings. The van der Waals surface area contributed by atoms with Crippen LogP contribution < -0.4 is 10.2 Å². The van der Waals surface area contributed by atoms with Crippen LogP contribution in [0.2, 0.25) is 0 Å². The number of nitrogens with one attached hydrogen (secondary N) is 2. The van der Waals surface area contributed by atoms with Crippen molar-refractivity contribution in [2.75, 3.05) is 18.0 Å². The van der Waals surface area contributed by atoms with Gasteiger partial charge in [-0.15, -0.1) is 0 Å². The van der Waals surface area contributed by atoms with Crippen molar-refractivity contribution in [3.8, 4) is 0 Å². The molecule has 0 amide bonds. The fourth-order valence-corrected chi connectivity index (χ4v) is 3.25. The number of rotatable bonds is 4. The first-order chi connectivity index (χ1) is 9.76. The van der Waals surface area contributed by atoms with Gasteiger partial charge in [0.2, 0.25) is 0 Å². The first-order valence-corrected chi connectivity index (χ1v) is 7.32. The summed E-state index contributed by atoms with van der Waals surface area (Å²) in [7, 11) is 0. The first kappa shape index (κ1) is 13.2. The Morgan fingerprint density at radius 1 is 1.50 bits per heavy atom. The minimum atomic E-state index is 0.332.